The first-order valence-corrected chi connectivity index (χ1v) is 18.0. The van der Waals surface area contributed by atoms with Gasteiger partial charge in [-0.3, -0.25) is 24.5 Å². The maximum atomic E-state index is 12.8. The summed E-state index contributed by atoms with van der Waals surface area (Å²) >= 11 is 0. The average Bonchev–Trinajstić information content (AvgIpc) is 3.96. The number of imidazole rings is 2. The number of aryl methyl sites for hydroxylation is 2. The van der Waals surface area contributed by atoms with E-state index in [2.05, 4.69) is 83.3 Å². The van der Waals surface area contributed by atoms with Crippen LogP contribution >= 0.6 is 0 Å². The summed E-state index contributed by atoms with van der Waals surface area (Å²) in [5.41, 5.74) is 5.74. The molecule has 2 saturated heterocycles. The molecule has 0 aliphatic carbocycles. The zero-order valence-electron chi connectivity index (χ0n) is 30.2. The third-order valence-corrected chi connectivity index (χ3v) is 10.6. The maximum Gasteiger partial charge on any atom is 0.276 e. The Bertz CT molecular complexity index is 2520. The molecule has 4 atom stereocenters. The largest absolute Gasteiger partial charge is 0.316 e. The Labute approximate surface area is 305 Å². The molecule has 3 N–H and O–H groups in total. The fourth-order valence-electron chi connectivity index (χ4n) is 7.50. The van der Waals surface area contributed by atoms with Gasteiger partial charge < -0.3 is 15.3 Å². The number of H-pyrrole nitrogens is 2. The van der Waals surface area contributed by atoms with E-state index in [0.29, 0.717) is 40.3 Å². The van der Waals surface area contributed by atoms with Gasteiger partial charge in [-0.2, -0.15) is 10.2 Å². The van der Waals surface area contributed by atoms with Crippen molar-refractivity contribution < 1.29 is 0 Å². The van der Waals surface area contributed by atoms with E-state index in [4.69, 9.17) is 5.10 Å². The molecular formula is C39H42N12O2. The molecule has 0 radical (unpaired) electrons. The molecule has 6 aromatic heterocycles. The zero-order chi connectivity index (χ0) is 36.6. The lowest BCUT2D eigenvalue weighted by atomic mass is 9.97. The smallest absolute Gasteiger partial charge is 0.276 e. The molecule has 53 heavy (non-hydrogen) atoms. The highest BCUT2D eigenvalue weighted by Crippen LogP contribution is 2.31. The van der Waals surface area contributed by atoms with Crippen molar-refractivity contribution in [3.05, 3.63) is 129 Å². The molecule has 7 aromatic rings. The molecule has 2 fully saturated rings. The van der Waals surface area contributed by atoms with Crippen molar-refractivity contribution >= 4 is 11.0 Å². The van der Waals surface area contributed by atoms with Crippen molar-refractivity contribution in [1.82, 2.24) is 59.3 Å². The Balaban J connectivity index is 0.000000156. The van der Waals surface area contributed by atoms with E-state index in [9.17, 15) is 9.59 Å². The van der Waals surface area contributed by atoms with Crippen LogP contribution in [0.4, 0.5) is 0 Å². The quantitative estimate of drug-likeness (QED) is 0.228. The Kier molecular flexibility index (Phi) is 9.22. The van der Waals surface area contributed by atoms with E-state index in [0.717, 1.165) is 60.8 Å². The van der Waals surface area contributed by atoms with Crippen LogP contribution in [0.1, 0.15) is 54.0 Å². The highest BCUT2D eigenvalue weighted by molar-refractivity contribution is 5.64. The molecule has 9 rings (SSSR count). The van der Waals surface area contributed by atoms with Crippen LogP contribution in [0, 0.1) is 25.7 Å². The number of hydrogen-bond donors (Lipinski definition) is 3. The number of aromatic amines is 2. The molecule has 14 nitrogen and oxygen atoms in total. The molecule has 2 aliphatic heterocycles. The van der Waals surface area contributed by atoms with Crippen molar-refractivity contribution in [3.8, 4) is 22.8 Å². The number of nitrogens with zero attached hydrogens (tertiary/aromatic N) is 9. The Morgan fingerprint density at radius 2 is 1.25 bits per heavy atom. The lowest BCUT2D eigenvalue weighted by Gasteiger charge is -2.16. The van der Waals surface area contributed by atoms with Crippen LogP contribution in [0.5, 0.6) is 0 Å². The first-order chi connectivity index (χ1) is 25.7. The third kappa shape index (κ3) is 6.66. The number of likely N-dealkylation sites (tertiary alicyclic amines) is 1. The van der Waals surface area contributed by atoms with Crippen molar-refractivity contribution in [1.29, 1.82) is 0 Å². The van der Waals surface area contributed by atoms with Gasteiger partial charge in [0, 0.05) is 73.9 Å². The monoisotopic (exact) mass is 710 g/mol. The van der Waals surface area contributed by atoms with Crippen LogP contribution in [-0.2, 0) is 6.54 Å². The SMILES string of the molecule is Cc1ccncc1-c1ncc2c(=O)[nH]c(C3CN(Cc4ccccc4)CC3C)nn12.Cc1ccncc1-c1ncc2c(=O)[nH]c(C3CNCC3C)nn12. The van der Waals surface area contributed by atoms with Crippen LogP contribution < -0.4 is 16.4 Å². The second kappa shape index (κ2) is 14.3. The van der Waals surface area contributed by atoms with E-state index < -0.39 is 0 Å². The summed E-state index contributed by atoms with van der Waals surface area (Å²) in [4.78, 5) is 50.8. The van der Waals surface area contributed by atoms with Crippen LogP contribution in [0.15, 0.2) is 89.2 Å². The first-order valence-electron chi connectivity index (χ1n) is 18.0. The zero-order valence-corrected chi connectivity index (χ0v) is 30.2. The maximum absolute atomic E-state index is 12.8. The molecule has 8 heterocycles. The summed E-state index contributed by atoms with van der Waals surface area (Å²) in [6.45, 7) is 12.9. The van der Waals surface area contributed by atoms with E-state index in [-0.39, 0.29) is 23.0 Å². The van der Waals surface area contributed by atoms with Gasteiger partial charge in [-0.15, -0.1) is 0 Å². The highest BCUT2D eigenvalue weighted by atomic mass is 16.1. The van der Waals surface area contributed by atoms with Crippen LogP contribution in [-0.4, -0.2) is 80.2 Å². The summed E-state index contributed by atoms with van der Waals surface area (Å²) in [5.74, 6) is 3.92. The van der Waals surface area contributed by atoms with E-state index >= 15 is 0 Å². The van der Waals surface area contributed by atoms with Crippen molar-refractivity contribution in [2.45, 2.75) is 46.1 Å². The molecule has 0 saturated carbocycles. The van der Waals surface area contributed by atoms with Crippen molar-refractivity contribution in [3.63, 3.8) is 0 Å². The number of hydrogen-bond acceptors (Lipinski definition) is 10. The average molecular weight is 711 g/mol. The predicted octanol–water partition coefficient (Wildman–Crippen LogP) is 4.13. The Morgan fingerprint density at radius 3 is 1.77 bits per heavy atom. The summed E-state index contributed by atoms with van der Waals surface area (Å²) in [6, 6.07) is 14.3. The van der Waals surface area contributed by atoms with Gasteiger partial charge in [-0.25, -0.2) is 19.0 Å². The molecule has 4 unspecified atom stereocenters. The molecule has 2 aliphatic rings. The van der Waals surface area contributed by atoms with Crippen molar-refractivity contribution in [2.75, 3.05) is 26.2 Å². The fraction of sp³-hybridized carbons (Fsp3) is 0.333. The lowest BCUT2D eigenvalue weighted by molar-refractivity contribution is 0.318. The van der Waals surface area contributed by atoms with E-state index in [1.165, 1.54) is 5.56 Å². The highest BCUT2D eigenvalue weighted by Gasteiger charge is 2.33. The normalized spacial score (nSPS) is 20.2. The van der Waals surface area contributed by atoms with Crippen LogP contribution in [0.25, 0.3) is 33.8 Å². The summed E-state index contributed by atoms with van der Waals surface area (Å²) in [7, 11) is 0. The second-order valence-corrected chi connectivity index (χ2v) is 14.3. The summed E-state index contributed by atoms with van der Waals surface area (Å²) < 4.78 is 3.31. The molecule has 0 bridgehead atoms. The van der Waals surface area contributed by atoms with Crippen LogP contribution in [0.3, 0.4) is 0 Å². The second-order valence-electron chi connectivity index (χ2n) is 14.3. The van der Waals surface area contributed by atoms with Gasteiger partial charge in [-0.1, -0.05) is 44.2 Å². The minimum Gasteiger partial charge on any atom is -0.316 e. The molecule has 270 valence electrons. The predicted molar refractivity (Wildman–Crippen MR) is 202 cm³/mol. The molecular weight excluding hydrogens is 669 g/mol. The molecule has 1 aromatic carbocycles. The minimum atomic E-state index is -0.158. The van der Waals surface area contributed by atoms with E-state index in [1.54, 1.807) is 46.2 Å². The fourth-order valence-corrected chi connectivity index (χ4v) is 7.50. The number of benzene rings is 1. The van der Waals surface area contributed by atoms with Gasteiger partial charge in [0.25, 0.3) is 11.1 Å². The number of aromatic nitrogens is 10. The van der Waals surface area contributed by atoms with Gasteiger partial charge in [0.1, 0.15) is 11.6 Å². The van der Waals surface area contributed by atoms with Gasteiger partial charge in [0.05, 0.1) is 12.4 Å². The topological polar surface area (TPSA) is 167 Å². The van der Waals surface area contributed by atoms with Gasteiger partial charge in [-0.05, 0) is 61.1 Å². The van der Waals surface area contributed by atoms with E-state index in [1.807, 2.05) is 32.0 Å². The summed E-state index contributed by atoms with van der Waals surface area (Å²) in [6.07, 6.45) is 10.2. The Morgan fingerprint density at radius 1 is 0.679 bits per heavy atom. The van der Waals surface area contributed by atoms with Gasteiger partial charge in [0.15, 0.2) is 22.7 Å². The van der Waals surface area contributed by atoms with Crippen molar-refractivity contribution in [2.24, 2.45) is 11.8 Å². The number of fused-ring (bicyclic) bond motifs is 2. The van der Waals surface area contributed by atoms with Gasteiger partial charge in [0.2, 0.25) is 0 Å². The first kappa shape index (κ1) is 34.2. The number of rotatable bonds is 6. The standard InChI is InChI=1S/C23H24N6O.C16H18N6O/c1-15-8-9-24-10-18(15)22-25-11-20-23(30)26-21(27-29(20)22)19-14-28(12-16(19)2)13-17-6-4-3-5-7-17;1-9-3-4-17-7-12(9)15-19-8-13-16(23)20-14(21-22(13)15)11-6-18-5-10(11)2/h3-11,16,19H,12-14H2,1-2H3,(H,26,27,30);3-4,7-8,10-11,18H,5-6H2,1-2H3,(H,20,21,23). The van der Waals surface area contributed by atoms with Crippen LogP contribution in [0.2, 0.25) is 0 Å². The lowest BCUT2D eigenvalue weighted by Crippen LogP contribution is -2.23. The minimum absolute atomic E-state index is 0.158. The number of nitrogens with one attached hydrogen (secondary N) is 3. The molecule has 0 spiro atoms. The molecule has 14 heteroatoms. The summed E-state index contributed by atoms with van der Waals surface area (Å²) in [5, 5.41) is 12.8. The Hall–Kier alpha value is -5.86. The van der Waals surface area contributed by atoms with Gasteiger partial charge >= 0.3 is 0 Å². The number of pyridine rings is 2. The molecule has 0 amide bonds. The third-order valence-electron chi connectivity index (χ3n) is 10.6.